The van der Waals surface area contributed by atoms with Crippen LogP contribution in [0.4, 0.5) is 24.5 Å². The van der Waals surface area contributed by atoms with E-state index in [0.29, 0.717) is 5.56 Å². The van der Waals surface area contributed by atoms with Gasteiger partial charge in [0.05, 0.1) is 10.5 Å². The summed E-state index contributed by atoms with van der Waals surface area (Å²) >= 11 is -0.392. The minimum atomic E-state index is -4.53. The SMILES string of the molecule is Cc1ccc(NC(=O)c2ccccc2SC(F)(F)F)cc1[N+](=O)[O-]. The minimum absolute atomic E-state index is 0.129. The molecule has 1 N–H and O–H groups in total. The van der Waals surface area contributed by atoms with Gasteiger partial charge in [-0.2, -0.15) is 13.2 Å². The molecule has 0 aliphatic heterocycles. The number of aryl methyl sites for hydroxylation is 1. The number of carbonyl (C=O) groups is 1. The maximum absolute atomic E-state index is 12.6. The summed E-state index contributed by atoms with van der Waals surface area (Å²) < 4.78 is 37.7. The van der Waals surface area contributed by atoms with Crippen LogP contribution in [0.25, 0.3) is 0 Å². The highest BCUT2D eigenvalue weighted by molar-refractivity contribution is 8.00. The van der Waals surface area contributed by atoms with E-state index in [2.05, 4.69) is 5.32 Å². The maximum atomic E-state index is 12.6. The second kappa shape index (κ2) is 6.91. The van der Waals surface area contributed by atoms with Crippen molar-refractivity contribution < 1.29 is 22.9 Å². The molecule has 9 heteroatoms. The number of hydrogen-bond acceptors (Lipinski definition) is 4. The van der Waals surface area contributed by atoms with Crippen molar-refractivity contribution in [3.63, 3.8) is 0 Å². The van der Waals surface area contributed by atoms with Crippen LogP contribution in [0.1, 0.15) is 15.9 Å². The Balaban J connectivity index is 2.28. The van der Waals surface area contributed by atoms with Gasteiger partial charge in [0.2, 0.25) is 0 Å². The van der Waals surface area contributed by atoms with Gasteiger partial charge in [0.1, 0.15) is 0 Å². The van der Waals surface area contributed by atoms with Crippen molar-refractivity contribution in [1.82, 2.24) is 0 Å². The molecule has 5 nitrogen and oxygen atoms in total. The lowest BCUT2D eigenvalue weighted by Gasteiger charge is -2.11. The number of nitrogens with zero attached hydrogens (tertiary/aromatic N) is 1. The molecule has 2 aromatic carbocycles. The lowest BCUT2D eigenvalue weighted by atomic mass is 10.1. The Hall–Kier alpha value is -2.55. The molecule has 0 fully saturated rings. The topological polar surface area (TPSA) is 72.2 Å². The molecule has 0 aliphatic rings. The van der Waals surface area contributed by atoms with E-state index < -0.39 is 28.1 Å². The Kier molecular flexibility index (Phi) is 5.13. The number of nitro benzene ring substituents is 1. The third-order valence-corrected chi connectivity index (χ3v) is 3.83. The number of nitrogens with one attached hydrogen (secondary N) is 1. The van der Waals surface area contributed by atoms with Crippen LogP contribution in [0.15, 0.2) is 47.4 Å². The standard InChI is InChI=1S/C15H11F3N2O3S/c1-9-6-7-10(8-12(9)20(22)23)19-14(21)11-4-2-3-5-13(11)24-15(16,17)18/h2-8H,1H3,(H,19,21). The summed E-state index contributed by atoms with van der Waals surface area (Å²) in [5, 5.41) is 13.3. The third kappa shape index (κ3) is 4.48. The van der Waals surface area contributed by atoms with Gasteiger partial charge in [-0.15, -0.1) is 0 Å². The third-order valence-electron chi connectivity index (χ3n) is 3.02. The Labute approximate surface area is 139 Å². The first kappa shape index (κ1) is 17.8. The van der Waals surface area contributed by atoms with Crippen molar-refractivity contribution in [3.8, 4) is 0 Å². The van der Waals surface area contributed by atoms with Gasteiger partial charge in [-0.3, -0.25) is 14.9 Å². The Bertz CT molecular complexity index is 794. The molecule has 126 valence electrons. The number of amides is 1. The van der Waals surface area contributed by atoms with Crippen LogP contribution in [-0.4, -0.2) is 16.3 Å². The van der Waals surface area contributed by atoms with Gasteiger partial charge in [-0.1, -0.05) is 18.2 Å². The number of hydrogen-bond donors (Lipinski definition) is 1. The predicted octanol–water partition coefficient (Wildman–Crippen LogP) is 4.77. The van der Waals surface area contributed by atoms with Gasteiger partial charge < -0.3 is 5.32 Å². The first-order valence-electron chi connectivity index (χ1n) is 6.58. The molecular weight excluding hydrogens is 345 g/mol. The van der Waals surface area contributed by atoms with E-state index in [1.807, 2.05) is 0 Å². The zero-order valence-corrected chi connectivity index (χ0v) is 13.1. The smallest absolute Gasteiger partial charge is 0.322 e. The maximum Gasteiger partial charge on any atom is 0.446 e. The number of carbonyl (C=O) groups excluding carboxylic acids is 1. The number of halogens is 3. The molecule has 0 spiro atoms. The Morgan fingerprint density at radius 3 is 2.50 bits per heavy atom. The summed E-state index contributed by atoms with van der Waals surface area (Å²) in [5.74, 6) is -0.777. The summed E-state index contributed by atoms with van der Waals surface area (Å²) in [6, 6.07) is 9.32. The van der Waals surface area contributed by atoms with Crippen LogP contribution < -0.4 is 5.32 Å². The number of rotatable bonds is 4. The van der Waals surface area contributed by atoms with Crippen molar-refractivity contribution in [2.24, 2.45) is 0 Å². The first-order valence-corrected chi connectivity index (χ1v) is 7.40. The van der Waals surface area contributed by atoms with Crippen molar-refractivity contribution >= 4 is 29.0 Å². The van der Waals surface area contributed by atoms with E-state index in [4.69, 9.17) is 0 Å². The highest BCUT2D eigenvalue weighted by Gasteiger charge is 2.31. The largest absolute Gasteiger partial charge is 0.446 e. The number of thioether (sulfide) groups is 1. The minimum Gasteiger partial charge on any atom is -0.322 e. The van der Waals surface area contributed by atoms with E-state index in [9.17, 15) is 28.1 Å². The van der Waals surface area contributed by atoms with Gasteiger partial charge in [0.25, 0.3) is 11.6 Å². The van der Waals surface area contributed by atoms with E-state index in [-0.39, 0.29) is 21.8 Å². The molecule has 1 amide bonds. The van der Waals surface area contributed by atoms with E-state index in [1.165, 1.54) is 36.4 Å². The molecule has 2 aromatic rings. The number of nitro groups is 1. The zero-order chi connectivity index (χ0) is 17.9. The van der Waals surface area contributed by atoms with Crippen molar-refractivity contribution in [3.05, 3.63) is 63.7 Å². The molecule has 0 saturated carbocycles. The summed E-state index contributed by atoms with van der Waals surface area (Å²) in [6.45, 7) is 1.54. The highest BCUT2D eigenvalue weighted by atomic mass is 32.2. The van der Waals surface area contributed by atoms with Crippen LogP contribution in [0.3, 0.4) is 0 Å². The van der Waals surface area contributed by atoms with Crippen molar-refractivity contribution in [1.29, 1.82) is 0 Å². The summed E-state index contributed by atoms with van der Waals surface area (Å²) in [4.78, 5) is 22.3. The fourth-order valence-corrected chi connectivity index (χ4v) is 2.62. The van der Waals surface area contributed by atoms with Crippen molar-refractivity contribution in [2.45, 2.75) is 17.3 Å². The molecule has 24 heavy (non-hydrogen) atoms. The lowest BCUT2D eigenvalue weighted by Crippen LogP contribution is -2.14. The van der Waals surface area contributed by atoms with Crippen LogP contribution in [0.5, 0.6) is 0 Å². The first-order chi connectivity index (χ1) is 11.2. The van der Waals surface area contributed by atoms with E-state index in [0.717, 1.165) is 6.07 Å². The number of benzene rings is 2. The normalized spacial score (nSPS) is 11.2. The molecule has 0 heterocycles. The molecule has 0 aliphatic carbocycles. The fourth-order valence-electron chi connectivity index (χ4n) is 1.95. The summed E-state index contributed by atoms with van der Waals surface area (Å²) in [6.07, 6.45) is 0. The second-order valence-corrected chi connectivity index (χ2v) is 5.86. The average Bonchev–Trinajstić information content (AvgIpc) is 2.47. The van der Waals surface area contributed by atoms with Gasteiger partial charge in [-0.05, 0) is 36.9 Å². The molecule has 2 rings (SSSR count). The van der Waals surface area contributed by atoms with Gasteiger partial charge in [0, 0.05) is 22.2 Å². The summed E-state index contributed by atoms with van der Waals surface area (Å²) in [7, 11) is 0. The van der Waals surface area contributed by atoms with Gasteiger partial charge >= 0.3 is 5.51 Å². The Morgan fingerprint density at radius 2 is 1.88 bits per heavy atom. The second-order valence-electron chi connectivity index (χ2n) is 4.76. The molecule has 0 bridgehead atoms. The molecule has 0 saturated heterocycles. The summed E-state index contributed by atoms with van der Waals surface area (Å²) in [5.41, 5.74) is -4.34. The van der Waals surface area contributed by atoms with Crippen molar-refractivity contribution in [2.75, 3.05) is 5.32 Å². The average molecular weight is 356 g/mol. The molecular formula is C15H11F3N2O3S. The van der Waals surface area contributed by atoms with Gasteiger partial charge in [-0.25, -0.2) is 0 Å². The molecule has 0 unspecified atom stereocenters. The highest BCUT2D eigenvalue weighted by Crippen LogP contribution is 2.38. The van der Waals surface area contributed by atoms with E-state index >= 15 is 0 Å². The van der Waals surface area contributed by atoms with Crippen LogP contribution >= 0.6 is 11.8 Å². The van der Waals surface area contributed by atoms with Gasteiger partial charge in [0.15, 0.2) is 0 Å². The van der Waals surface area contributed by atoms with Crippen LogP contribution in [0.2, 0.25) is 0 Å². The quantitative estimate of drug-likeness (QED) is 0.487. The van der Waals surface area contributed by atoms with Crippen LogP contribution in [-0.2, 0) is 0 Å². The number of anilines is 1. The molecule has 0 radical (unpaired) electrons. The predicted molar refractivity (Wildman–Crippen MR) is 84.1 cm³/mol. The fraction of sp³-hybridized carbons (Fsp3) is 0.133. The molecule has 0 atom stereocenters. The number of alkyl halides is 3. The zero-order valence-electron chi connectivity index (χ0n) is 12.3. The van der Waals surface area contributed by atoms with Crippen LogP contribution in [0, 0.1) is 17.0 Å². The monoisotopic (exact) mass is 356 g/mol. The Morgan fingerprint density at radius 1 is 1.21 bits per heavy atom. The van der Waals surface area contributed by atoms with E-state index in [1.54, 1.807) is 6.92 Å². The lowest BCUT2D eigenvalue weighted by molar-refractivity contribution is -0.385. The molecule has 0 aromatic heterocycles.